The first kappa shape index (κ1) is 31.1. The largest absolute Gasteiger partial charge is 0.469 e. The Morgan fingerprint density at radius 2 is 1.35 bits per heavy atom. The number of carbonyl (C=O) groups excluding carboxylic acids is 1. The number of nitroso groups, excluding NO2 is 1. The van der Waals surface area contributed by atoms with Gasteiger partial charge in [-0.15, -0.1) is 0 Å². The van der Waals surface area contributed by atoms with E-state index in [1.165, 1.54) is 97.0 Å². The van der Waals surface area contributed by atoms with E-state index >= 15 is 0 Å². The van der Waals surface area contributed by atoms with Crippen molar-refractivity contribution in [2.45, 2.75) is 168 Å². The van der Waals surface area contributed by atoms with Gasteiger partial charge in [0.1, 0.15) is 0 Å². The molecule has 0 aliphatic heterocycles. The number of methoxy groups -OCH3 is 1. The van der Waals surface area contributed by atoms with Gasteiger partial charge in [-0.05, 0) is 49.9 Å². The van der Waals surface area contributed by atoms with Crippen molar-refractivity contribution < 1.29 is 9.53 Å². The van der Waals surface area contributed by atoms with Crippen LogP contribution in [0.25, 0.3) is 0 Å². The molecule has 1 aliphatic carbocycles. The molecular formula is C30H57NO3. The van der Waals surface area contributed by atoms with E-state index in [1.54, 1.807) is 0 Å². The van der Waals surface area contributed by atoms with Gasteiger partial charge in [-0.25, -0.2) is 0 Å². The molecule has 0 saturated heterocycles. The number of hydrogen-bond donors (Lipinski definition) is 0. The van der Waals surface area contributed by atoms with E-state index in [9.17, 15) is 9.70 Å². The molecule has 0 aromatic heterocycles. The maximum absolute atomic E-state index is 11.1. The van der Waals surface area contributed by atoms with Crippen molar-refractivity contribution in [2.75, 3.05) is 7.11 Å². The van der Waals surface area contributed by atoms with Gasteiger partial charge < -0.3 is 4.74 Å². The average molecular weight is 480 g/mol. The third-order valence-electron chi connectivity index (χ3n) is 8.27. The number of ether oxygens (including phenoxy) is 1. The summed E-state index contributed by atoms with van der Waals surface area (Å²) in [6, 6.07) is 0.00727. The molecule has 1 aliphatic rings. The molecule has 200 valence electrons. The van der Waals surface area contributed by atoms with Gasteiger partial charge in [0.25, 0.3) is 0 Å². The molecule has 0 aromatic carbocycles. The smallest absolute Gasteiger partial charge is 0.305 e. The van der Waals surface area contributed by atoms with Crippen LogP contribution >= 0.6 is 0 Å². The number of unbranched alkanes of at least 4 members (excludes halogenated alkanes) is 14. The van der Waals surface area contributed by atoms with E-state index < -0.39 is 0 Å². The minimum atomic E-state index is -0.116. The summed E-state index contributed by atoms with van der Waals surface area (Å²) in [5.41, 5.74) is 0.661. The molecular weight excluding hydrogens is 422 g/mol. The Bertz CT molecular complexity index is 509. The van der Waals surface area contributed by atoms with Crippen LogP contribution in [0.3, 0.4) is 0 Å². The highest BCUT2D eigenvalue weighted by Gasteiger charge is 2.47. The maximum atomic E-state index is 11.1. The van der Waals surface area contributed by atoms with Crippen molar-refractivity contribution in [3.8, 4) is 0 Å². The Morgan fingerprint density at radius 1 is 0.824 bits per heavy atom. The first-order valence-electron chi connectivity index (χ1n) is 14.9. The first-order chi connectivity index (χ1) is 16.6. The molecule has 0 spiro atoms. The third kappa shape index (κ3) is 15.9. The maximum Gasteiger partial charge on any atom is 0.305 e. The molecule has 0 amide bonds. The summed E-state index contributed by atoms with van der Waals surface area (Å²) in [6.45, 7) is 4.82. The molecule has 0 N–H and O–H groups in total. The van der Waals surface area contributed by atoms with Gasteiger partial charge in [-0.2, -0.15) is 4.91 Å². The number of hydrogen-bond acceptors (Lipinski definition) is 4. The van der Waals surface area contributed by atoms with Gasteiger partial charge in [0.05, 0.1) is 13.2 Å². The summed E-state index contributed by atoms with van der Waals surface area (Å²) in [5, 5.41) is 3.38. The fourth-order valence-electron chi connectivity index (χ4n) is 5.58. The van der Waals surface area contributed by atoms with Crippen molar-refractivity contribution >= 4 is 5.97 Å². The highest BCUT2D eigenvalue weighted by atomic mass is 16.5. The van der Waals surface area contributed by atoms with Crippen LogP contribution in [0.2, 0.25) is 0 Å². The lowest BCUT2D eigenvalue weighted by Gasteiger charge is -2.12. The Hall–Kier alpha value is -0.930. The van der Waals surface area contributed by atoms with Gasteiger partial charge in [0.15, 0.2) is 0 Å². The zero-order valence-electron chi connectivity index (χ0n) is 23.1. The fourth-order valence-corrected chi connectivity index (χ4v) is 5.58. The van der Waals surface area contributed by atoms with Gasteiger partial charge in [0.2, 0.25) is 0 Å². The number of esters is 1. The summed E-state index contributed by atoms with van der Waals surface area (Å²) >= 11 is 0. The van der Waals surface area contributed by atoms with E-state index in [4.69, 9.17) is 0 Å². The summed E-state index contributed by atoms with van der Waals surface area (Å²) in [4.78, 5) is 22.2. The van der Waals surface area contributed by atoms with Crippen molar-refractivity contribution in [1.29, 1.82) is 0 Å². The van der Waals surface area contributed by atoms with Gasteiger partial charge >= 0.3 is 5.97 Å². The lowest BCUT2D eigenvalue weighted by molar-refractivity contribution is -0.140. The molecule has 4 nitrogen and oxygen atoms in total. The van der Waals surface area contributed by atoms with Gasteiger partial charge in [-0.1, -0.05) is 122 Å². The first-order valence-corrected chi connectivity index (χ1v) is 14.9. The second-order valence-electron chi connectivity index (χ2n) is 11.4. The van der Waals surface area contributed by atoms with E-state index in [1.807, 2.05) is 0 Å². The molecule has 1 rings (SSSR count). The number of nitrogens with zero attached hydrogens (tertiary/aromatic N) is 1. The Kier molecular flexibility index (Phi) is 18.6. The molecule has 3 atom stereocenters. The third-order valence-corrected chi connectivity index (χ3v) is 8.27. The Balaban J connectivity index is 1.89. The molecule has 34 heavy (non-hydrogen) atoms. The van der Waals surface area contributed by atoms with E-state index in [2.05, 4.69) is 23.8 Å². The van der Waals surface area contributed by atoms with Crippen molar-refractivity contribution in [3.05, 3.63) is 4.91 Å². The average Bonchev–Trinajstić information content (AvgIpc) is 3.49. The minimum Gasteiger partial charge on any atom is -0.469 e. The van der Waals surface area contributed by atoms with Gasteiger partial charge in [0, 0.05) is 6.42 Å². The highest BCUT2D eigenvalue weighted by Crippen LogP contribution is 2.58. The summed E-state index contributed by atoms with van der Waals surface area (Å²) in [7, 11) is 1.44. The van der Waals surface area contributed by atoms with Crippen LogP contribution in [0.15, 0.2) is 5.18 Å². The van der Waals surface area contributed by atoms with Gasteiger partial charge in [-0.3, -0.25) is 4.79 Å². The molecule has 1 saturated carbocycles. The zero-order chi connectivity index (χ0) is 24.9. The number of rotatable bonds is 25. The standard InChI is InChI=1S/C30H57NO3/c1-4-5-6-7-8-11-16-21-27-26-30(27,2)25-20-15-10-13-18-23-28(31-33)22-17-12-9-14-19-24-29(32)34-3/h27-28H,4-26H2,1-3H3. The van der Waals surface area contributed by atoms with Crippen LogP contribution in [0.5, 0.6) is 0 Å². The predicted molar refractivity (Wildman–Crippen MR) is 145 cm³/mol. The lowest BCUT2D eigenvalue weighted by atomic mass is 9.94. The van der Waals surface area contributed by atoms with Crippen LogP contribution in [0.1, 0.15) is 162 Å². The van der Waals surface area contributed by atoms with Crippen LogP contribution in [-0.2, 0) is 9.53 Å². The topological polar surface area (TPSA) is 55.7 Å². The summed E-state index contributed by atoms with van der Waals surface area (Å²) < 4.78 is 4.66. The van der Waals surface area contributed by atoms with Crippen molar-refractivity contribution in [3.63, 3.8) is 0 Å². The van der Waals surface area contributed by atoms with Crippen LogP contribution in [0, 0.1) is 16.2 Å². The monoisotopic (exact) mass is 479 g/mol. The fraction of sp³-hybridized carbons (Fsp3) is 0.967. The van der Waals surface area contributed by atoms with Crippen LogP contribution < -0.4 is 0 Å². The SMILES string of the molecule is CCCCCCCCCC1CC1(C)CCCCCCCC(CCCCCCCC(=O)OC)N=O. The minimum absolute atomic E-state index is 0.00727. The molecule has 0 heterocycles. The zero-order valence-corrected chi connectivity index (χ0v) is 23.1. The van der Waals surface area contributed by atoms with E-state index in [0.717, 1.165) is 57.3 Å². The highest BCUT2D eigenvalue weighted by molar-refractivity contribution is 5.68. The second kappa shape index (κ2) is 20.3. The van der Waals surface area contributed by atoms with Crippen molar-refractivity contribution in [1.82, 2.24) is 0 Å². The summed E-state index contributed by atoms with van der Waals surface area (Å²) in [6.07, 6.45) is 28.5. The molecule has 3 unspecified atom stereocenters. The molecule has 0 bridgehead atoms. The quantitative estimate of drug-likeness (QED) is 0.0743. The lowest BCUT2D eigenvalue weighted by Crippen LogP contribution is -2.03. The van der Waals surface area contributed by atoms with E-state index in [-0.39, 0.29) is 12.0 Å². The molecule has 0 aromatic rings. The van der Waals surface area contributed by atoms with Crippen LogP contribution in [0.4, 0.5) is 0 Å². The predicted octanol–water partition coefficient (Wildman–Crippen LogP) is 9.92. The summed E-state index contributed by atoms with van der Waals surface area (Å²) in [5.74, 6) is 0.894. The Labute approximate surface area is 211 Å². The van der Waals surface area contributed by atoms with E-state index in [0.29, 0.717) is 11.8 Å². The van der Waals surface area contributed by atoms with Crippen LogP contribution in [-0.4, -0.2) is 19.1 Å². The normalized spacial score (nSPS) is 20.3. The Morgan fingerprint density at radius 3 is 1.94 bits per heavy atom. The number of carbonyl (C=O) groups is 1. The molecule has 0 radical (unpaired) electrons. The van der Waals surface area contributed by atoms with Crippen molar-refractivity contribution in [2.24, 2.45) is 16.5 Å². The molecule has 1 fully saturated rings. The molecule has 4 heteroatoms. The second-order valence-corrected chi connectivity index (χ2v) is 11.4.